The number of fused-ring (bicyclic) bond motifs is 1. The molecule has 0 amide bonds. The summed E-state index contributed by atoms with van der Waals surface area (Å²) >= 11 is 0. The second-order valence-electron chi connectivity index (χ2n) is 4.55. The topological polar surface area (TPSA) is 148 Å². The van der Waals surface area contributed by atoms with Gasteiger partial charge in [-0.2, -0.15) is 0 Å². The number of nitrogens with two attached hydrogens (primary N) is 1. The van der Waals surface area contributed by atoms with Crippen molar-refractivity contribution in [2.75, 3.05) is 12.4 Å². The minimum Gasteiger partial charge on any atom is -0.868 e. The molecule has 0 spiro atoms. The van der Waals surface area contributed by atoms with Gasteiger partial charge in [0.1, 0.15) is 5.75 Å². The molecule has 0 aliphatic carbocycles. The van der Waals surface area contributed by atoms with Gasteiger partial charge >= 0.3 is 0 Å². The molecule has 1 aliphatic rings. The van der Waals surface area contributed by atoms with Crippen LogP contribution in [0.15, 0.2) is 36.7 Å². The second kappa shape index (κ2) is 6.56. The van der Waals surface area contributed by atoms with Gasteiger partial charge in [-0.25, -0.2) is 5.84 Å². The van der Waals surface area contributed by atoms with Crippen molar-refractivity contribution in [3.8, 4) is 11.5 Å². The van der Waals surface area contributed by atoms with E-state index in [1.165, 1.54) is 5.56 Å². The highest BCUT2D eigenvalue weighted by molar-refractivity contribution is 5.51. The fourth-order valence-electron chi connectivity index (χ4n) is 1.91. The van der Waals surface area contributed by atoms with Crippen molar-refractivity contribution in [2.24, 2.45) is 0 Å². The number of nitrogens with zero attached hydrogens (tertiary/aromatic N) is 3. The Balaban J connectivity index is 0.000000172. The van der Waals surface area contributed by atoms with Gasteiger partial charge in [0.25, 0.3) is 11.4 Å². The predicted molar refractivity (Wildman–Crippen MR) is 75.2 cm³/mol. The summed E-state index contributed by atoms with van der Waals surface area (Å²) in [5.41, 5.74) is -0.0505. The molecule has 120 valence electrons. The van der Waals surface area contributed by atoms with Crippen molar-refractivity contribution >= 4 is 11.4 Å². The highest BCUT2D eigenvalue weighted by atomic mass is 16.6. The molecule has 0 radical (unpaired) electrons. The molecule has 2 heterocycles. The zero-order chi connectivity index (χ0) is 17.0. The number of ether oxygens (including phenoxy) is 1. The van der Waals surface area contributed by atoms with Gasteiger partial charge in [-0.1, -0.05) is 10.7 Å². The average molecular weight is 320 g/mol. The number of non-ortho nitro benzene ring substituents is 1. The van der Waals surface area contributed by atoms with Crippen LogP contribution in [0.25, 0.3) is 0 Å². The Morgan fingerprint density at radius 3 is 2.57 bits per heavy atom. The highest BCUT2D eigenvalue weighted by Gasteiger charge is 2.15. The third kappa shape index (κ3) is 3.81. The minimum absolute atomic E-state index is 0.466. The summed E-state index contributed by atoms with van der Waals surface area (Å²) < 4.78 is 6.83. The van der Waals surface area contributed by atoms with Gasteiger partial charge in [-0.05, 0) is 5.75 Å². The molecule has 1 aromatic heterocycles. The number of pyridine rings is 1. The molecule has 10 nitrogen and oxygen atoms in total. The Labute approximate surface area is 129 Å². The normalized spacial score (nSPS) is 11.7. The summed E-state index contributed by atoms with van der Waals surface area (Å²) in [6, 6.07) is 4.26. The van der Waals surface area contributed by atoms with Crippen LogP contribution in [0.2, 0.25) is 0 Å². The van der Waals surface area contributed by atoms with Gasteiger partial charge in [0, 0.05) is 18.6 Å². The summed E-state index contributed by atoms with van der Waals surface area (Å²) in [5.74, 6) is 5.63. The maximum atomic E-state index is 10.8. The van der Waals surface area contributed by atoms with E-state index in [0.29, 0.717) is 6.07 Å². The molecule has 10 heteroatoms. The third-order valence-corrected chi connectivity index (χ3v) is 3.00. The molecule has 23 heavy (non-hydrogen) atoms. The van der Waals surface area contributed by atoms with Crippen LogP contribution in [0.1, 0.15) is 5.56 Å². The predicted octanol–water partition coefficient (Wildman–Crippen LogP) is 0.199. The van der Waals surface area contributed by atoms with Gasteiger partial charge in [0.05, 0.1) is 28.1 Å². The van der Waals surface area contributed by atoms with Crippen LogP contribution in [-0.2, 0) is 6.42 Å². The molecule has 0 atom stereocenters. The van der Waals surface area contributed by atoms with E-state index in [2.05, 4.69) is 0 Å². The molecule has 2 aromatic rings. The van der Waals surface area contributed by atoms with Crippen molar-refractivity contribution in [3.63, 3.8) is 0 Å². The van der Waals surface area contributed by atoms with Crippen molar-refractivity contribution in [1.29, 1.82) is 0 Å². The van der Waals surface area contributed by atoms with E-state index < -0.39 is 27.0 Å². The van der Waals surface area contributed by atoms with Gasteiger partial charge in [0.2, 0.25) is 12.4 Å². The fourth-order valence-corrected chi connectivity index (χ4v) is 1.91. The van der Waals surface area contributed by atoms with Crippen LogP contribution in [0.5, 0.6) is 11.5 Å². The molecule has 0 unspecified atom stereocenters. The summed E-state index contributed by atoms with van der Waals surface area (Å²) in [6.45, 7) is 0.791. The van der Waals surface area contributed by atoms with E-state index in [9.17, 15) is 25.3 Å². The lowest BCUT2D eigenvalue weighted by molar-refractivity contribution is -0.639. The molecule has 1 aromatic carbocycles. The molecule has 2 N–H and O–H groups in total. The van der Waals surface area contributed by atoms with Crippen LogP contribution < -0.4 is 20.4 Å². The summed E-state index contributed by atoms with van der Waals surface area (Å²) in [7, 11) is 0. The summed E-state index contributed by atoms with van der Waals surface area (Å²) in [6.07, 6.45) is 4.65. The minimum atomic E-state index is -0.949. The standard InChI is InChI=1S/C7H9N2O.C6H4N2O5/c8-9-3-1-7-6(5-9)2-4-10-7;9-6-2-1-4(7(10)11)3-5(6)8(12)13/h1,3,5H,2,4,8H2;1-3,9H/q+1;/p-1. The first-order valence-corrected chi connectivity index (χ1v) is 6.40. The van der Waals surface area contributed by atoms with E-state index in [1.54, 1.807) is 10.9 Å². The summed E-state index contributed by atoms with van der Waals surface area (Å²) in [4.78, 5) is 18.6. The number of hydrogen-bond donors (Lipinski definition) is 1. The maximum absolute atomic E-state index is 10.8. The lowest BCUT2D eigenvalue weighted by atomic mass is 10.2. The van der Waals surface area contributed by atoms with Crippen molar-refractivity contribution in [1.82, 2.24) is 0 Å². The molecular weight excluding hydrogens is 308 g/mol. The number of benzene rings is 1. The Morgan fingerprint density at radius 1 is 1.17 bits per heavy atom. The number of rotatable bonds is 2. The van der Waals surface area contributed by atoms with Crippen molar-refractivity contribution in [3.05, 3.63) is 62.5 Å². The summed E-state index contributed by atoms with van der Waals surface area (Å²) in [5, 5.41) is 31.1. The first-order chi connectivity index (χ1) is 10.9. The molecule has 0 fully saturated rings. The molecule has 1 aliphatic heterocycles. The number of nitro benzene ring substituents is 2. The van der Waals surface area contributed by atoms with E-state index >= 15 is 0 Å². The molecule has 0 saturated carbocycles. The lowest BCUT2D eigenvalue weighted by Gasteiger charge is -2.03. The van der Waals surface area contributed by atoms with Crippen LogP contribution >= 0.6 is 0 Å². The number of nitrogen functional groups attached to an aromatic ring is 1. The Morgan fingerprint density at radius 2 is 1.91 bits per heavy atom. The van der Waals surface area contributed by atoms with Crippen LogP contribution in [0.3, 0.4) is 0 Å². The third-order valence-electron chi connectivity index (χ3n) is 3.00. The van der Waals surface area contributed by atoms with Gasteiger partial charge < -0.3 is 9.84 Å². The van der Waals surface area contributed by atoms with E-state index in [0.717, 1.165) is 30.9 Å². The fraction of sp³-hybridized carbons (Fsp3) is 0.154. The highest BCUT2D eigenvalue weighted by Crippen LogP contribution is 2.27. The lowest BCUT2D eigenvalue weighted by Crippen LogP contribution is -2.43. The number of nitro groups is 2. The molecule has 3 rings (SSSR count). The molecule has 0 saturated heterocycles. The van der Waals surface area contributed by atoms with Crippen LogP contribution in [-0.4, -0.2) is 16.5 Å². The van der Waals surface area contributed by atoms with Gasteiger partial charge in [-0.3, -0.25) is 20.2 Å². The Kier molecular flexibility index (Phi) is 4.55. The van der Waals surface area contributed by atoms with Crippen LogP contribution in [0, 0.1) is 20.2 Å². The zero-order valence-electron chi connectivity index (χ0n) is 11.7. The SMILES string of the molecule is N[n+]1ccc2c(c1)CCO2.O=[N+]([O-])c1ccc([O-])c([N+](=O)[O-])c1. The number of aromatic nitrogens is 1. The van der Waals surface area contributed by atoms with E-state index in [-0.39, 0.29) is 0 Å². The monoisotopic (exact) mass is 320 g/mol. The van der Waals surface area contributed by atoms with Gasteiger partial charge in [0.15, 0.2) is 0 Å². The largest absolute Gasteiger partial charge is 0.868 e. The quantitative estimate of drug-likeness (QED) is 0.359. The Bertz CT molecular complexity index is 764. The zero-order valence-corrected chi connectivity index (χ0v) is 11.7. The Hall–Kier alpha value is -3.43. The first-order valence-electron chi connectivity index (χ1n) is 6.40. The van der Waals surface area contributed by atoms with Gasteiger partial charge in [-0.15, -0.1) is 0 Å². The smallest absolute Gasteiger partial charge is 0.276 e. The molecule has 0 bridgehead atoms. The first kappa shape index (κ1) is 15.9. The number of hydrogen-bond acceptors (Lipinski definition) is 7. The second-order valence-corrected chi connectivity index (χ2v) is 4.55. The van der Waals surface area contributed by atoms with E-state index in [1.807, 2.05) is 12.3 Å². The van der Waals surface area contributed by atoms with Crippen molar-refractivity contribution < 1.29 is 24.4 Å². The van der Waals surface area contributed by atoms with E-state index in [4.69, 9.17) is 10.6 Å². The van der Waals surface area contributed by atoms with Crippen molar-refractivity contribution in [2.45, 2.75) is 6.42 Å². The molecular formula is C13H12N4O6. The average Bonchev–Trinajstić information content (AvgIpc) is 2.95. The van der Waals surface area contributed by atoms with Crippen LogP contribution in [0.4, 0.5) is 11.4 Å². The maximum Gasteiger partial charge on any atom is 0.276 e.